The van der Waals surface area contributed by atoms with Crippen molar-refractivity contribution in [3.8, 4) is 0 Å². The zero-order valence-corrected chi connectivity index (χ0v) is 21.4. The zero-order valence-electron chi connectivity index (χ0n) is 19.8. The topological polar surface area (TPSA) is 88.3 Å². The first kappa shape index (κ1) is 23.1. The van der Waals surface area contributed by atoms with Crippen LogP contribution in [0.3, 0.4) is 0 Å². The van der Waals surface area contributed by atoms with Gasteiger partial charge in [0, 0.05) is 18.5 Å². The molecule has 6 N–H and O–H groups in total. The maximum atomic E-state index is 4.38. The number of aromatic nitrogens is 1. The number of nitrogens with one attached hydrogen (secondary N) is 6. The van der Waals surface area contributed by atoms with Crippen LogP contribution in [0.5, 0.6) is 0 Å². The summed E-state index contributed by atoms with van der Waals surface area (Å²) in [6.07, 6.45) is 2.59. The molecule has 0 bridgehead atoms. The Morgan fingerprint density at radius 2 is 1.43 bits per heavy atom. The van der Waals surface area contributed by atoms with E-state index in [1.54, 1.807) is 22.7 Å². The SMILES string of the molecule is Cc1csc(NNc2ccc(NNc3ccc(NNc4ccc(N5CCCC5)s4)cc3C)cc2)n1. The van der Waals surface area contributed by atoms with Gasteiger partial charge < -0.3 is 21.2 Å². The lowest BCUT2D eigenvalue weighted by molar-refractivity contribution is 0.949. The van der Waals surface area contributed by atoms with Gasteiger partial charge in [0.2, 0.25) is 5.13 Å². The Balaban J connectivity index is 1.09. The summed E-state index contributed by atoms with van der Waals surface area (Å²) >= 11 is 3.36. The van der Waals surface area contributed by atoms with Crippen LogP contribution in [0.15, 0.2) is 60.0 Å². The number of aryl methyl sites for hydroxylation is 2. The van der Waals surface area contributed by atoms with E-state index in [9.17, 15) is 0 Å². The molecule has 0 saturated carbocycles. The molecule has 0 amide bonds. The fraction of sp³-hybridized carbons (Fsp3) is 0.240. The van der Waals surface area contributed by atoms with Crippen molar-refractivity contribution < 1.29 is 0 Å². The molecule has 2 aromatic carbocycles. The molecule has 0 spiro atoms. The fourth-order valence-electron chi connectivity index (χ4n) is 3.83. The maximum Gasteiger partial charge on any atom is 0.201 e. The average molecular weight is 507 g/mol. The van der Waals surface area contributed by atoms with Gasteiger partial charge in [-0.05, 0) is 86.8 Å². The van der Waals surface area contributed by atoms with Crippen molar-refractivity contribution in [2.45, 2.75) is 26.7 Å². The van der Waals surface area contributed by atoms with Crippen molar-refractivity contribution in [3.63, 3.8) is 0 Å². The normalized spacial score (nSPS) is 12.9. The highest BCUT2D eigenvalue weighted by Crippen LogP contribution is 2.32. The predicted octanol–water partition coefficient (Wildman–Crippen LogP) is 6.74. The molecule has 1 fully saturated rings. The third kappa shape index (κ3) is 6.09. The quantitative estimate of drug-likeness (QED) is 0.132. The third-order valence-electron chi connectivity index (χ3n) is 5.73. The second-order valence-corrected chi connectivity index (χ2v) is 10.4. The largest absolute Gasteiger partial charge is 0.363 e. The number of anilines is 7. The highest BCUT2D eigenvalue weighted by molar-refractivity contribution is 7.20. The van der Waals surface area contributed by atoms with Gasteiger partial charge >= 0.3 is 0 Å². The van der Waals surface area contributed by atoms with Crippen LogP contribution in [0, 0.1) is 13.8 Å². The van der Waals surface area contributed by atoms with Crippen LogP contribution >= 0.6 is 22.7 Å². The molecule has 0 radical (unpaired) electrons. The lowest BCUT2D eigenvalue weighted by atomic mass is 10.2. The first-order chi connectivity index (χ1) is 17.1. The second-order valence-electron chi connectivity index (χ2n) is 8.48. The molecule has 3 heterocycles. The minimum absolute atomic E-state index is 0.845. The fourth-order valence-corrected chi connectivity index (χ4v) is 5.38. The molecule has 0 unspecified atom stereocenters. The Bertz CT molecular complexity index is 1240. The lowest BCUT2D eigenvalue weighted by Gasteiger charge is -2.15. The van der Waals surface area contributed by atoms with E-state index in [2.05, 4.69) is 79.7 Å². The molecule has 4 aromatic rings. The summed E-state index contributed by atoms with van der Waals surface area (Å²) in [5, 5.41) is 5.31. The van der Waals surface area contributed by atoms with E-state index in [-0.39, 0.29) is 0 Å². The summed E-state index contributed by atoms with van der Waals surface area (Å²) in [5.74, 6) is 0. The minimum Gasteiger partial charge on any atom is -0.363 e. The van der Waals surface area contributed by atoms with Gasteiger partial charge in [-0.25, -0.2) is 4.98 Å². The van der Waals surface area contributed by atoms with Gasteiger partial charge in [0.1, 0.15) is 5.00 Å². The van der Waals surface area contributed by atoms with Gasteiger partial charge in [0.15, 0.2) is 0 Å². The third-order valence-corrected chi connectivity index (χ3v) is 7.66. The number of hydrazine groups is 3. The van der Waals surface area contributed by atoms with Gasteiger partial charge in [-0.3, -0.25) is 16.3 Å². The lowest BCUT2D eigenvalue weighted by Crippen LogP contribution is -2.15. The van der Waals surface area contributed by atoms with E-state index >= 15 is 0 Å². The second kappa shape index (κ2) is 10.7. The summed E-state index contributed by atoms with van der Waals surface area (Å²) < 4.78 is 0. The molecule has 182 valence electrons. The Kier molecular flexibility index (Phi) is 7.10. The van der Waals surface area contributed by atoms with Crippen LogP contribution in [0.1, 0.15) is 24.1 Å². The Morgan fingerprint density at radius 3 is 2.11 bits per heavy atom. The molecule has 5 rings (SSSR count). The summed E-state index contributed by atoms with van der Waals surface area (Å²) in [7, 11) is 0. The van der Waals surface area contributed by atoms with Gasteiger partial charge in [-0.15, -0.1) is 11.3 Å². The molecular formula is C25H30N8S2. The Hall–Kier alpha value is -3.63. The number of rotatable bonds is 10. The number of thiophene rings is 1. The van der Waals surface area contributed by atoms with Crippen molar-refractivity contribution in [1.29, 1.82) is 0 Å². The Morgan fingerprint density at radius 1 is 0.743 bits per heavy atom. The number of hydrogen-bond acceptors (Lipinski definition) is 10. The van der Waals surface area contributed by atoms with Gasteiger partial charge in [0.25, 0.3) is 0 Å². The Labute approximate surface area is 213 Å². The molecule has 1 saturated heterocycles. The van der Waals surface area contributed by atoms with Crippen molar-refractivity contribution in [1.82, 2.24) is 4.98 Å². The van der Waals surface area contributed by atoms with Crippen LogP contribution in [0.4, 0.5) is 37.9 Å². The van der Waals surface area contributed by atoms with E-state index < -0.39 is 0 Å². The van der Waals surface area contributed by atoms with Crippen molar-refractivity contribution in [2.24, 2.45) is 0 Å². The maximum absolute atomic E-state index is 4.38. The number of nitrogens with zero attached hydrogens (tertiary/aromatic N) is 2. The van der Waals surface area contributed by atoms with Crippen LogP contribution in [0.2, 0.25) is 0 Å². The highest BCUT2D eigenvalue weighted by atomic mass is 32.1. The summed E-state index contributed by atoms with van der Waals surface area (Å²) in [6.45, 7) is 6.40. The van der Waals surface area contributed by atoms with Crippen molar-refractivity contribution in [2.75, 3.05) is 50.5 Å². The van der Waals surface area contributed by atoms with Crippen molar-refractivity contribution >= 4 is 60.6 Å². The van der Waals surface area contributed by atoms with E-state index in [0.717, 1.165) is 44.1 Å². The standard InChI is InChI=1S/C25H30N8S2/c1-17-15-21(29-31-23-11-12-24(35-23)33-13-3-4-14-33)9-10-22(17)30-27-19-5-7-20(8-6-19)28-32-25-26-18(2)16-34-25/h5-12,15-16,27-31H,3-4,13-14H2,1-2H3,(H,26,32). The first-order valence-electron chi connectivity index (χ1n) is 11.7. The monoisotopic (exact) mass is 506 g/mol. The van der Waals surface area contributed by atoms with E-state index in [1.165, 1.54) is 30.9 Å². The average Bonchev–Trinajstić information content (AvgIpc) is 3.63. The smallest absolute Gasteiger partial charge is 0.201 e. The van der Waals surface area contributed by atoms with E-state index in [4.69, 9.17) is 0 Å². The van der Waals surface area contributed by atoms with E-state index in [1.807, 2.05) is 36.6 Å². The van der Waals surface area contributed by atoms with Crippen LogP contribution in [0.25, 0.3) is 0 Å². The van der Waals surface area contributed by atoms with Crippen LogP contribution < -0.4 is 37.5 Å². The predicted molar refractivity (Wildman–Crippen MR) is 152 cm³/mol. The van der Waals surface area contributed by atoms with Gasteiger partial charge in [0.05, 0.1) is 33.4 Å². The molecule has 1 aliphatic heterocycles. The number of benzene rings is 2. The van der Waals surface area contributed by atoms with Gasteiger partial charge in [-0.2, -0.15) is 0 Å². The minimum atomic E-state index is 0.845. The molecule has 2 aromatic heterocycles. The highest BCUT2D eigenvalue weighted by Gasteiger charge is 2.14. The molecular weight excluding hydrogens is 476 g/mol. The number of thiazole rings is 1. The number of hydrogen-bond donors (Lipinski definition) is 6. The molecule has 8 nitrogen and oxygen atoms in total. The van der Waals surface area contributed by atoms with Crippen molar-refractivity contribution in [3.05, 3.63) is 71.2 Å². The summed E-state index contributed by atoms with van der Waals surface area (Å²) in [6, 6.07) is 18.6. The molecule has 35 heavy (non-hydrogen) atoms. The first-order valence-corrected chi connectivity index (χ1v) is 13.4. The van der Waals surface area contributed by atoms with E-state index in [0.29, 0.717) is 0 Å². The molecule has 10 heteroatoms. The molecule has 1 aliphatic rings. The summed E-state index contributed by atoms with van der Waals surface area (Å²) in [4.78, 5) is 6.83. The molecule has 0 aliphatic carbocycles. The zero-order chi connectivity index (χ0) is 24.0. The van der Waals surface area contributed by atoms with Gasteiger partial charge in [-0.1, -0.05) is 11.3 Å². The molecule has 0 atom stereocenters. The summed E-state index contributed by atoms with van der Waals surface area (Å²) in [5.41, 5.74) is 25.6. The van der Waals surface area contributed by atoms with Crippen LogP contribution in [-0.4, -0.2) is 18.1 Å². The van der Waals surface area contributed by atoms with Crippen LogP contribution in [-0.2, 0) is 0 Å².